The summed E-state index contributed by atoms with van der Waals surface area (Å²) in [6.45, 7) is 0. The number of hydrogen-bond acceptors (Lipinski definition) is 4. The van der Waals surface area contributed by atoms with Crippen LogP contribution in [0.3, 0.4) is 0 Å². The monoisotopic (exact) mass is 454 g/mol. The standard InChI is InChI=1S/C23H14F4N4O2/c24-16-3-1-2-13-11-29-12-18(19(13)16)30-20(32)15-10-14(23(25,26)27)4-5-17(15)31(21(30)33)22(6-7-22)8-9-28/h1-5,10-12H,6-8H2. The summed E-state index contributed by atoms with van der Waals surface area (Å²) in [4.78, 5) is 31.0. The minimum atomic E-state index is -4.72. The van der Waals surface area contributed by atoms with Gasteiger partial charge in [0, 0.05) is 17.0 Å². The molecule has 0 amide bonds. The molecule has 0 N–H and O–H groups in total. The molecule has 0 unspecified atom stereocenters. The molecule has 33 heavy (non-hydrogen) atoms. The van der Waals surface area contributed by atoms with E-state index >= 15 is 0 Å². The van der Waals surface area contributed by atoms with Gasteiger partial charge in [-0.1, -0.05) is 12.1 Å². The van der Waals surface area contributed by atoms with E-state index in [0.29, 0.717) is 28.9 Å². The lowest BCUT2D eigenvalue weighted by molar-refractivity contribution is -0.137. The van der Waals surface area contributed by atoms with E-state index in [0.717, 1.165) is 24.4 Å². The molecule has 0 bridgehead atoms. The molecule has 4 aromatic rings. The van der Waals surface area contributed by atoms with Crippen LogP contribution in [0.4, 0.5) is 17.6 Å². The van der Waals surface area contributed by atoms with Crippen molar-refractivity contribution in [2.24, 2.45) is 0 Å². The van der Waals surface area contributed by atoms with Crippen LogP contribution in [-0.4, -0.2) is 14.1 Å². The highest BCUT2D eigenvalue weighted by molar-refractivity contribution is 5.90. The summed E-state index contributed by atoms with van der Waals surface area (Å²) in [5, 5.41) is 9.19. The van der Waals surface area contributed by atoms with E-state index in [1.54, 1.807) is 6.07 Å². The zero-order valence-corrected chi connectivity index (χ0v) is 16.9. The molecule has 166 valence electrons. The lowest BCUT2D eigenvalue weighted by atomic mass is 10.1. The van der Waals surface area contributed by atoms with Gasteiger partial charge in [-0.15, -0.1) is 0 Å². The number of benzene rings is 2. The van der Waals surface area contributed by atoms with E-state index in [4.69, 9.17) is 0 Å². The number of nitrogens with zero attached hydrogens (tertiary/aromatic N) is 4. The van der Waals surface area contributed by atoms with Gasteiger partial charge in [0.05, 0.1) is 46.4 Å². The van der Waals surface area contributed by atoms with Crippen molar-refractivity contribution in [3.8, 4) is 11.8 Å². The molecule has 6 nitrogen and oxygen atoms in total. The number of halogens is 4. The van der Waals surface area contributed by atoms with E-state index in [1.807, 2.05) is 6.07 Å². The molecule has 5 rings (SSSR count). The summed E-state index contributed by atoms with van der Waals surface area (Å²) < 4.78 is 56.8. The normalized spacial score (nSPS) is 15.0. The number of rotatable bonds is 3. The molecule has 1 aliphatic carbocycles. The highest BCUT2D eigenvalue weighted by Crippen LogP contribution is 2.47. The Kier molecular flexibility index (Phi) is 4.43. The molecular weight excluding hydrogens is 440 g/mol. The fraction of sp³-hybridized carbons (Fsp3) is 0.217. The fourth-order valence-corrected chi connectivity index (χ4v) is 4.27. The number of fused-ring (bicyclic) bond motifs is 2. The molecule has 2 heterocycles. The second kappa shape index (κ2) is 7.00. The second-order valence-corrected chi connectivity index (χ2v) is 8.04. The van der Waals surface area contributed by atoms with Crippen molar-refractivity contribution in [1.29, 1.82) is 5.26 Å². The summed E-state index contributed by atoms with van der Waals surface area (Å²) in [5.74, 6) is -0.718. The van der Waals surface area contributed by atoms with Gasteiger partial charge in [-0.3, -0.25) is 14.3 Å². The van der Waals surface area contributed by atoms with E-state index in [2.05, 4.69) is 4.98 Å². The van der Waals surface area contributed by atoms with Crippen molar-refractivity contribution in [3.63, 3.8) is 0 Å². The van der Waals surface area contributed by atoms with Crippen molar-refractivity contribution in [2.75, 3.05) is 0 Å². The fourth-order valence-electron chi connectivity index (χ4n) is 4.27. The average Bonchev–Trinajstić information content (AvgIpc) is 3.53. The van der Waals surface area contributed by atoms with E-state index in [1.165, 1.54) is 16.8 Å². The second-order valence-electron chi connectivity index (χ2n) is 8.04. The minimum Gasteiger partial charge on any atom is -0.286 e. The Morgan fingerprint density at radius 3 is 2.55 bits per heavy atom. The Balaban J connectivity index is 1.97. The van der Waals surface area contributed by atoms with Crippen LogP contribution >= 0.6 is 0 Å². The molecule has 2 aromatic heterocycles. The van der Waals surface area contributed by atoms with Gasteiger partial charge in [0.15, 0.2) is 0 Å². The zero-order chi connectivity index (χ0) is 23.5. The van der Waals surface area contributed by atoms with Crippen LogP contribution in [0, 0.1) is 17.1 Å². The zero-order valence-electron chi connectivity index (χ0n) is 16.9. The molecular formula is C23H14F4N4O2. The van der Waals surface area contributed by atoms with Gasteiger partial charge in [0.2, 0.25) is 0 Å². The number of pyridine rings is 1. The molecule has 0 atom stereocenters. The molecule has 1 fully saturated rings. The Morgan fingerprint density at radius 1 is 1.12 bits per heavy atom. The Morgan fingerprint density at radius 2 is 1.88 bits per heavy atom. The van der Waals surface area contributed by atoms with Gasteiger partial charge in [0.25, 0.3) is 5.56 Å². The maximum Gasteiger partial charge on any atom is 0.416 e. The number of alkyl halides is 3. The summed E-state index contributed by atoms with van der Waals surface area (Å²) in [7, 11) is 0. The highest BCUT2D eigenvalue weighted by atomic mass is 19.4. The number of nitriles is 1. The van der Waals surface area contributed by atoms with Gasteiger partial charge in [-0.05, 0) is 37.1 Å². The summed E-state index contributed by atoms with van der Waals surface area (Å²) in [6, 6.07) is 8.69. The predicted octanol–water partition coefficient (Wildman–Crippen LogP) is 4.26. The minimum absolute atomic E-state index is 0.00401. The Bertz CT molecular complexity index is 1600. The van der Waals surface area contributed by atoms with E-state index < -0.39 is 34.3 Å². The lowest BCUT2D eigenvalue weighted by Crippen LogP contribution is -2.43. The quantitative estimate of drug-likeness (QED) is 0.433. The molecule has 0 saturated heterocycles. The number of aromatic nitrogens is 3. The van der Waals surface area contributed by atoms with Crippen LogP contribution in [0.15, 0.2) is 58.4 Å². The Hall–Kier alpha value is -4.00. The van der Waals surface area contributed by atoms with Gasteiger partial charge in [0.1, 0.15) is 5.82 Å². The SMILES string of the molecule is N#CCC1(n2c(=O)n(-c3cncc4cccc(F)c34)c(=O)c3cc(C(F)(F)F)ccc32)CC1. The maximum absolute atomic E-state index is 14.8. The average molecular weight is 454 g/mol. The molecule has 1 saturated carbocycles. The number of hydrogen-bond donors (Lipinski definition) is 0. The third-order valence-electron chi connectivity index (χ3n) is 6.04. The largest absolute Gasteiger partial charge is 0.416 e. The molecule has 0 radical (unpaired) electrons. The van der Waals surface area contributed by atoms with E-state index in [9.17, 15) is 32.4 Å². The summed E-state index contributed by atoms with van der Waals surface area (Å²) in [5.41, 5.74) is -4.08. The summed E-state index contributed by atoms with van der Waals surface area (Å²) >= 11 is 0. The molecule has 2 aromatic carbocycles. The van der Waals surface area contributed by atoms with Crippen molar-refractivity contribution in [1.82, 2.24) is 14.1 Å². The van der Waals surface area contributed by atoms with Crippen molar-refractivity contribution < 1.29 is 17.6 Å². The van der Waals surface area contributed by atoms with Crippen molar-refractivity contribution in [2.45, 2.75) is 31.0 Å². The highest BCUT2D eigenvalue weighted by Gasteiger charge is 2.47. The first-order chi connectivity index (χ1) is 15.7. The van der Waals surface area contributed by atoms with Gasteiger partial charge in [-0.25, -0.2) is 13.8 Å². The van der Waals surface area contributed by atoms with Crippen LogP contribution in [-0.2, 0) is 11.7 Å². The van der Waals surface area contributed by atoms with Gasteiger partial charge >= 0.3 is 11.9 Å². The van der Waals surface area contributed by atoms with Gasteiger partial charge in [-0.2, -0.15) is 18.4 Å². The first-order valence-electron chi connectivity index (χ1n) is 9.97. The molecule has 1 aliphatic rings. The van der Waals surface area contributed by atoms with Crippen LogP contribution < -0.4 is 11.2 Å². The molecule has 0 spiro atoms. The summed E-state index contributed by atoms with van der Waals surface area (Å²) in [6.07, 6.45) is -1.42. The topological polar surface area (TPSA) is 80.7 Å². The van der Waals surface area contributed by atoms with Gasteiger partial charge < -0.3 is 0 Å². The predicted molar refractivity (Wildman–Crippen MR) is 112 cm³/mol. The molecule has 10 heteroatoms. The first-order valence-corrected chi connectivity index (χ1v) is 9.97. The van der Waals surface area contributed by atoms with Crippen LogP contribution in [0.25, 0.3) is 27.4 Å². The smallest absolute Gasteiger partial charge is 0.286 e. The Labute approximate surface area is 182 Å². The third kappa shape index (κ3) is 3.11. The first kappa shape index (κ1) is 20.9. The van der Waals surface area contributed by atoms with Crippen LogP contribution in [0.1, 0.15) is 24.8 Å². The van der Waals surface area contributed by atoms with Crippen molar-refractivity contribution in [3.05, 3.63) is 81.0 Å². The van der Waals surface area contributed by atoms with Crippen molar-refractivity contribution >= 4 is 21.7 Å². The molecule has 0 aliphatic heterocycles. The van der Waals surface area contributed by atoms with E-state index in [-0.39, 0.29) is 28.4 Å². The maximum atomic E-state index is 14.8. The third-order valence-corrected chi connectivity index (χ3v) is 6.04. The van der Waals surface area contributed by atoms with Crippen LogP contribution in [0.5, 0.6) is 0 Å². The lowest BCUT2D eigenvalue weighted by Gasteiger charge is -2.21. The van der Waals surface area contributed by atoms with Crippen LogP contribution in [0.2, 0.25) is 0 Å².